The molecule has 31 heavy (non-hydrogen) atoms. The highest BCUT2D eigenvalue weighted by Gasteiger charge is 2.23. The molecule has 0 radical (unpaired) electrons. The number of piperazine rings is 1. The van der Waals surface area contributed by atoms with Crippen LogP contribution in [0.25, 0.3) is 11.4 Å². The standard InChI is InChI=1S/C22H32N8O/c1-27-7-9-30(10-8-27)22-24-16-19(17-25-22)20-23-15-18-3-6-29(21(18)26-20)5-2-4-28-11-13-31-14-12-28/h15-17H,2-14H2,1H3. The molecule has 166 valence electrons. The van der Waals surface area contributed by atoms with E-state index >= 15 is 0 Å². The molecule has 3 aliphatic heterocycles. The molecule has 5 rings (SSSR count). The molecule has 0 spiro atoms. The maximum absolute atomic E-state index is 5.44. The number of rotatable bonds is 6. The molecule has 2 fully saturated rings. The van der Waals surface area contributed by atoms with E-state index in [1.54, 1.807) is 0 Å². The molecule has 0 aromatic carbocycles. The lowest BCUT2D eigenvalue weighted by Gasteiger charge is -2.32. The van der Waals surface area contributed by atoms with Crippen LogP contribution in [0, 0.1) is 0 Å². The Balaban J connectivity index is 1.22. The van der Waals surface area contributed by atoms with Crippen molar-refractivity contribution in [2.24, 2.45) is 0 Å². The lowest BCUT2D eigenvalue weighted by Crippen LogP contribution is -2.45. The summed E-state index contributed by atoms with van der Waals surface area (Å²) in [4.78, 5) is 28.2. The maximum atomic E-state index is 5.44. The quantitative estimate of drug-likeness (QED) is 0.668. The number of nitrogens with zero attached hydrogens (tertiary/aromatic N) is 8. The Bertz CT molecular complexity index is 862. The van der Waals surface area contributed by atoms with E-state index in [1.165, 1.54) is 5.56 Å². The number of anilines is 2. The Morgan fingerprint density at radius 2 is 1.65 bits per heavy atom. The second-order valence-electron chi connectivity index (χ2n) is 8.65. The van der Waals surface area contributed by atoms with Gasteiger partial charge >= 0.3 is 0 Å². The molecule has 0 aliphatic carbocycles. The number of aromatic nitrogens is 4. The van der Waals surface area contributed by atoms with Crippen molar-refractivity contribution in [1.82, 2.24) is 29.7 Å². The fraction of sp³-hybridized carbons (Fsp3) is 0.636. The number of hydrogen-bond donors (Lipinski definition) is 0. The molecule has 2 aromatic rings. The Labute approximate surface area is 184 Å². The van der Waals surface area contributed by atoms with Gasteiger partial charge in [-0.25, -0.2) is 19.9 Å². The average molecular weight is 425 g/mol. The molecular weight excluding hydrogens is 392 g/mol. The summed E-state index contributed by atoms with van der Waals surface area (Å²) >= 11 is 0. The van der Waals surface area contributed by atoms with Gasteiger partial charge in [0.25, 0.3) is 0 Å². The van der Waals surface area contributed by atoms with E-state index < -0.39 is 0 Å². The van der Waals surface area contributed by atoms with Gasteiger partial charge in [0.1, 0.15) is 5.82 Å². The molecule has 0 unspecified atom stereocenters. The van der Waals surface area contributed by atoms with E-state index in [1.807, 2.05) is 18.6 Å². The molecule has 0 saturated carbocycles. The highest BCUT2D eigenvalue weighted by Crippen LogP contribution is 2.28. The minimum Gasteiger partial charge on any atom is -0.379 e. The number of ether oxygens (including phenoxy) is 1. The van der Waals surface area contributed by atoms with Crippen molar-refractivity contribution in [3.05, 3.63) is 24.2 Å². The molecular formula is C22H32N8O. The van der Waals surface area contributed by atoms with Gasteiger partial charge in [0.2, 0.25) is 5.95 Å². The summed E-state index contributed by atoms with van der Waals surface area (Å²) in [5.41, 5.74) is 2.12. The average Bonchev–Trinajstić information content (AvgIpc) is 3.23. The minimum atomic E-state index is 0.712. The lowest BCUT2D eigenvalue weighted by atomic mass is 10.2. The molecule has 2 saturated heterocycles. The third kappa shape index (κ3) is 4.78. The highest BCUT2D eigenvalue weighted by molar-refractivity contribution is 5.60. The van der Waals surface area contributed by atoms with Crippen LogP contribution in [0.2, 0.25) is 0 Å². The number of hydrogen-bond acceptors (Lipinski definition) is 9. The first-order valence-electron chi connectivity index (χ1n) is 11.4. The van der Waals surface area contributed by atoms with Crippen LogP contribution in [0.1, 0.15) is 12.0 Å². The van der Waals surface area contributed by atoms with Gasteiger partial charge in [-0.15, -0.1) is 0 Å². The SMILES string of the molecule is CN1CCN(c2ncc(-c3ncc4c(n3)N(CCCN3CCOCC3)CC4)cn2)CC1. The van der Waals surface area contributed by atoms with Crippen LogP contribution >= 0.6 is 0 Å². The molecule has 0 atom stereocenters. The van der Waals surface area contributed by atoms with Crippen molar-refractivity contribution >= 4 is 11.8 Å². The van der Waals surface area contributed by atoms with Gasteiger partial charge in [0.05, 0.1) is 18.8 Å². The van der Waals surface area contributed by atoms with E-state index in [4.69, 9.17) is 9.72 Å². The van der Waals surface area contributed by atoms with Crippen molar-refractivity contribution in [2.75, 3.05) is 89.0 Å². The topological polar surface area (TPSA) is 73.8 Å². The van der Waals surface area contributed by atoms with Crippen LogP contribution in [0.4, 0.5) is 11.8 Å². The second kappa shape index (κ2) is 9.42. The largest absolute Gasteiger partial charge is 0.379 e. The van der Waals surface area contributed by atoms with Crippen LogP contribution < -0.4 is 9.80 Å². The lowest BCUT2D eigenvalue weighted by molar-refractivity contribution is 0.0376. The zero-order chi connectivity index (χ0) is 21.0. The van der Waals surface area contributed by atoms with Gasteiger partial charge in [-0.3, -0.25) is 4.90 Å². The molecule has 9 heteroatoms. The summed E-state index contributed by atoms with van der Waals surface area (Å²) in [5, 5.41) is 0. The smallest absolute Gasteiger partial charge is 0.225 e. The predicted molar refractivity (Wildman–Crippen MR) is 121 cm³/mol. The Morgan fingerprint density at radius 1 is 0.871 bits per heavy atom. The fourth-order valence-electron chi connectivity index (χ4n) is 4.48. The van der Waals surface area contributed by atoms with Gasteiger partial charge in [-0.1, -0.05) is 0 Å². The van der Waals surface area contributed by atoms with Gasteiger partial charge < -0.3 is 19.4 Å². The molecule has 2 aromatic heterocycles. The molecule has 0 bridgehead atoms. The fourth-order valence-corrected chi connectivity index (χ4v) is 4.48. The van der Waals surface area contributed by atoms with Crippen LogP contribution in [0.15, 0.2) is 18.6 Å². The van der Waals surface area contributed by atoms with Crippen molar-refractivity contribution in [1.29, 1.82) is 0 Å². The van der Waals surface area contributed by atoms with Crippen molar-refractivity contribution in [3.63, 3.8) is 0 Å². The van der Waals surface area contributed by atoms with Gasteiger partial charge in [0, 0.05) is 83.1 Å². The number of likely N-dealkylation sites (N-methyl/N-ethyl adjacent to an activating group) is 1. The van der Waals surface area contributed by atoms with E-state index in [-0.39, 0.29) is 0 Å². The van der Waals surface area contributed by atoms with E-state index in [2.05, 4.69) is 41.6 Å². The number of morpholine rings is 1. The first kappa shape index (κ1) is 20.5. The third-order valence-electron chi connectivity index (χ3n) is 6.48. The first-order valence-corrected chi connectivity index (χ1v) is 11.4. The first-order chi connectivity index (χ1) is 15.3. The zero-order valence-corrected chi connectivity index (χ0v) is 18.4. The summed E-state index contributed by atoms with van der Waals surface area (Å²) in [7, 11) is 2.15. The van der Waals surface area contributed by atoms with Gasteiger partial charge in [-0.05, 0) is 19.9 Å². The molecule has 9 nitrogen and oxygen atoms in total. The van der Waals surface area contributed by atoms with E-state index in [0.29, 0.717) is 5.82 Å². The van der Waals surface area contributed by atoms with Crippen LogP contribution in [0.3, 0.4) is 0 Å². The van der Waals surface area contributed by atoms with Crippen molar-refractivity contribution in [2.45, 2.75) is 12.8 Å². The molecule has 0 amide bonds. The molecule has 5 heterocycles. The molecule has 3 aliphatic rings. The highest BCUT2D eigenvalue weighted by atomic mass is 16.5. The molecule has 0 N–H and O–H groups in total. The predicted octanol–water partition coefficient (Wildman–Crippen LogP) is 0.770. The van der Waals surface area contributed by atoms with Crippen LogP contribution in [-0.4, -0.2) is 109 Å². The Morgan fingerprint density at radius 3 is 2.42 bits per heavy atom. The number of fused-ring (bicyclic) bond motifs is 1. The normalized spacial score (nSPS) is 20.3. The second-order valence-corrected chi connectivity index (χ2v) is 8.65. The Hall–Kier alpha value is -2.36. The van der Waals surface area contributed by atoms with Crippen LogP contribution in [-0.2, 0) is 11.2 Å². The van der Waals surface area contributed by atoms with E-state index in [9.17, 15) is 0 Å². The third-order valence-corrected chi connectivity index (χ3v) is 6.48. The summed E-state index contributed by atoms with van der Waals surface area (Å²) < 4.78 is 5.44. The summed E-state index contributed by atoms with van der Waals surface area (Å²) in [6.07, 6.45) is 7.86. The van der Waals surface area contributed by atoms with Crippen molar-refractivity contribution < 1.29 is 4.74 Å². The van der Waals surface area contributed by atoms with Gasteiger partial charge in [0.15, 0.2) is 5.82 Å². The van der Waals surface area contributed by atoms with Crippen molar-refractivity contribution in [3.8, 4) is 11.4 Å². The minimum absolute atomic E-state index is 0.712. The van der Waals surface area contributed by atoms with Crippen LogP contribution in [0.5, 0.6) is 0 Å². The summed E-state index contributed by atoms with van der Waals surface area (Å²) in [6, 6.07) is 0. The zero-order valence-electron chi connectivity index (χ0n) is 18.4. The summed E-state index contributed by atoms with van der Waals surface area (Å²) in [5.74, 6) is 2.58. The Kier molecular flexibility index (Phi) is 6.24. The van der Waals surface area contributed by atoms with Gasteiger partial charge in [-0.2, -0.15) is 0 Å². The maximum Gasteiger partial charge on any atom is 0.225 e. The summed E-state index contributed by atoms with van der Waals surface area (Å²) in [6.45, 7) is 11.0. The monoisotopic (exact) mass is 424 g/mol. The van der Waals surface area contributed by atoms with E-state index in [0.717, 1.165) is 102 Å².